The van der Waals surface area contributed by atoms with E-state index in [0.717, 1.165) is 19.0 Å². The molecule has 12 heavy (non-hydrogen) atoms. The molecule has 0 spiro atoms. The van der Waals surface area contributed by atoms with Crippen LogP contribution < -0.4 is 0 Å². The van der Waals surface area contributed by atoms with Crippen molar-refractivity contribution in [2.24, 2.45) is 15.9 Å². The van der Waals surface area contributed by atoms with Crippen LogP contribution in [0.2, 0.25) is 0 Å². The van der Waals surface area contributed by atoms with Crippen LogP contribution in [0.1, 0.15) is 40.0 Å². The Morgan fingerprint density at radius 3 is 2.58 bits per heavy atom. The molecule has 0 aromatic heterocycles. The lowest BCUT2D eigenvalue weighted by molar-refractivity contribution is 0.500. The van der Waals surface area contributed by atoms with Crippen molar-refractivity contribution >= 4 is 6.01 Å². The Hall–Kier alpha value is -0.620. The first-order chi connectivity index (χ1) is 5.81. The first-order valence-corrected chi connectivity index (χ1v) is 4.89. The third-order valence-electron chi connectivity index (χ3n) is 1.96. The molecule has 0 radical (unpaired) electrons. The normalized spacial score (nSPS) is 11.9. The summed E-state index contributed by atoms with van der Waals surface area (Å²) in [5.41, 5.74) is 0. The van der Waals surface area contributed by atoms with E-state index in [0.29, 0.717) is 0 Å². The van der Waals surface area contributed by atoms with Gasteiger partial charge in [0.25, 0.3) is 0 Å². The van der Waals surface area contributed by atoms with Crippen LogP contribution in [0.25, 0.3) is 0 Å². The van der Waals surface area contributed by atoms with Gasteiger partial charge >= 0.3 is 0 Å². The Labute approximate surface area is 75.8 Å². The molecule has 0 saturated heterocycles. The topological polar surface area (TPSA) is 24.7 Å². The lowest BCUT2D eigenvalue weighted by atomic mass is 10.0. The van der Waals surface area contributed by atoms with Crippen LogP contribution in [0.3, 0.4) is 0 Å². The number of hydrogen-bond donors (Lipinski definition) is 0. The standard InChI is InChI=1S/C10H20N2/c1-4-10(3)7-6-8-12-9-11-5-2/h10H,4-8H2,1-3H3. The maximum atomic E-state index is 4.05. The molecule has 70 valence electrons. The fourth-order valence-electron chi connectivity index (χ4n) is 0.894. The molecule has 0 aromatic rings. The van der Waals surface area contributed by atoms with Gasteiger partial charge in [-0.05, 0) is 25.7 Å². The van der Waals surface area contributed by atoms with Gasteiger partial charge in [-0.1, -0.05) is 20.3 Å². The van der Waals surface area contributed by atoms with Gasteiger partial charge in [0.2, 0.25) is 0 Å². The van der Waals surface area contributed by atoms with Crippen LogP contribution in [-0.2, 0) is 0 Å². The SMILES string of the molecule is CCN=C=NCCCC(C)CC. The van der Waals surface area contributed by atoms with Gasteiger partial charge < -0.3 is 0 Å². The first kappa shape index (κ1) is 11.4. The second kappa shape index (κ2) is 8.48. The average Bonchev–Trinajstić information content (AvgIpc) is 2.10. The Morgan fingerprint density at radius 1 is 1.25 bits per heavy atom. The fraction of sp³-hybridized carbons (Fsp3) is 0.900. The van der Waals surface area contributed by atoms with E-state index in [-0.39, 0.29) is 0 Å². The van der Waals surface area contributed by atoms with Crippen molar-refractivity contribution in [2.75, 3.05) is 13.1 Å². The third kappa shape index (κ3) is 7.49. The minimum absolute atomic E-state index is 0.787. The maximum Gasteiger partial charge on any atom is 0.0892 e. The van der Waals surface area contributed by atoms with Gasteiger partial charge in [-0.15, -0.1) is 0 Å². The molecule has 1 unspecified atom stereocenters. The minimum atomic E-state index is 0.787. The Bertz CT molecular complexity index is 146. The van der Waals surface area contributed by atoms with E-state index in [2.05, 4.69) is 29.8 Å². The van der Waals surface area contributed by atoms with Gasteiger partial charge in [0.05, 0.1) is 6.01 Å². The molecule has 0 aliphatic heterocycles. The summed E-state index contributed by atoms with van der Waals surface area (Å²) in [4.78, 5) is 7.94. The van der Waals surface area contributed by atoms with Crippen LogP contribution >= 0.6 is 0 Å². The highest BCUT2D eigenvalue weighted by atomic mass is 14.8. The Kier molecular flexibility index (Phi) is 8.04. The van der Waals surface area contributed by atoms with Crippen LogP contribution in [0.5, 0.6) is 0 Å². The van der Waals surface area contributed by atoms with Gasteiger partial charge in [-0.2, -0.15) is 0 Å². The summed E-state index contributed by atoms with van der Waals surface area (Å²) in [5, 5.41) is 0. The fourth-order valence-corrected chi connectivity index (χ4v) is 0.894. The zero-order chi connectivity index (χ0) is 9.23. The summed E-state index contributed by atoms with van der Waals surface area (Å²) in [5.74, 6) is 0.836. The Morgan fingerprint density at radius 2 is 2.00 bits per heavy atom. The zero-order valence-electron chi connectivity index (χ0n) is 8.51. The number of aliphatic imine (C=N–C) groups is 2. The Balaban J connectivity index is 3.26. The smallest absolute Gasteiger partial charge is 0.0892 e. The van der Waals surface area contributed by atoms with Crippen molar-refractivity contribution in [3.63, 3.8) is 0 Å². The highest BCUT2D eigenvalue weighted by Crippen LogP contribution is 2.08. The molecule has 0 N–H and O–H groups in total. The molecule has 0 heterocycles. The molecule has 0 fully saturated rings. The van der Waals surface area contributed by atoms with Crippen molar-refractivity contribution in [2.45, 2.75) is 40.0 Å². The zero-order valence-corrected chi connectivity index (χ0v) is 8.51. The van der Waals surface area contributed by atoms with E-state index < -0.39 is 0 Å². The van der Waals surface area contributed by atoms with Crippen LogP contribution in [0.4, 0.5) is 0 Å². The van der Waals surface area contributed by atoms with E-state index in [1.165, 1.54) is 19.3 Å². The molecule has 1 atom stereocenters. The van der Waals surface area contributed by atoms with E-state index in [1.807, 2.05) is 6.92 Å². The minimum Gasteiger partial charge on any atom is -0.226 e. The summed E-state index contributed by atoms with van der Waals surface area (Å²) >= 11 is 0. The van der Waals surface area contributed by atoms with Crippen molar-refractivity contribution in [1.29, 1.82) is 0 Å². The van der Waals surface area contributed by atoms with E-state index in [4.69, 9.17) is 0 Å². The number of nitrogens with zero attached hydrogens (tertiary/aromatic N) is 2. The van der Waals surface area contributed by atoms with Gasteiger partial charge in [0.1, 0.15) is 0 Å². The summed E-state index contributed by atoms with van der Waals surface area (Å²) in [6.07, 6.45) is 3.71. The van der Waals surface area contributed by atoms with Crippen molar-refractivity contribution < 1.29 is 0 Å². The largest absolute Gasteiger partial charge is 0.226 e. The summed E-state index contributed by atoms with van der Waals surface area (Å²) in [7, 11) is 0. The van der Waals surface area contributed by atoms with Gasteiger partial charge in [-0.3, -0.25) is 0 Å². The van der Waals surface area contributed by atoms with Crippen molar-refractivity contribution in [3.8, 4) is 0 Å². The van der Waals surface area contributed by atoms with Gasteiger partial charge in [-0.25, -0.2) is 9.98 Å². The average molecular weight is 168 g/mol. The molecule has 0 bridgehead atoms. The maximum absolute atomic E-state index is 4.05. The lowest BCUT2D eigenvalue weighted by Gasteiger charge is -2.04. The monoisotopic (exact) mass is 168 g/mol. The quantitative estimate of drug-likeness (QED) is 0.430. The predicted octanol–water partition coefficient (Wildman–Crippen LogP) is 3.01. The molecule has 2 heteroatoms. The van der Waals surface area contributed by atoms with Gasteiger partial charge in [0.15, 0.2) is 0 Å². The second-order valence-corrected chi connectivity index (χ2v) is 3.11. The lowest BCUT2D eigenvalue weighted by Crippen LogP contribution is -1.92. The van der Waals surface area contributed by atoms with Crippen molar-refractivity contribution in [3.05, 3.63) is 0 Å². The molecule has 0 rings (SSSR count). The van der Waals surface area contributed by atoms with E-state index in [9.17, 15) is 0 Å². The molecule has 0 aliphatic rings. The molecule has 2 nitrogen and oxygen atoms in total. The number of hydrogen-bond acceptors (Lipinski definition) is 2. The molecule has 0 saturated carbocycles. The van der Waals surface area contributed by atoms with Crippen LogP contribution in [0, 0.1) is 5.92 Å². The van der Waals surface area contributed by atoms with Crippen LogP contribution in [0.15, 0.2) is 9.98 Å². The van der Waals surface area contributed by atoms with Crippen molar-refractivity contribution in [1.82, 2.24) is 0 Å². The van der Waals surface area contributed by atoms with E-state index in [1.54, 1.807) is 0 Å². The molecule has 0 amide bonds. The highest BCUT2D eigenvalue weighted by molar-refractivity contribution is 5.40. The summed E-state index contributed by atoms with van der Waals surface area (Å²) in [6, 6.07) is 2.68. The summed E-state index contributed by atoms with van der Waals surface area (Å²) < 4.78 is 0. The predicted molar refractivity (Wildman–Crippen MR) is 54.0 cm³/mol. The number of rotatable bonds is 6. The highest BCUT2D eigenvalue weighted by Gasteiger charge is 1.96. The molecule has 0 aliphatic carbocycles. The molecular formula is C10H20N2. The van der Waals surface area contributed by atoms with Gasteiger partial charge in [0, 0.05) is 13.1 Å². The molecular weight excluding hydrogens is 148 g/mol. The van der Waals surface area contributed by atoms with Crippen LogP contribution in [-0.4, -0.2) is 19.1 Å². The molecule has 0 aromatic carbocycles. The first-order valence-electron chi connectivity index (χ1n) is 4.89. The summed E-state index contributed by atoms with van der Waals surface area (Å²) in [6.45, 7) is 8.17. The third-order valence-corrected chi connectivity index (χ3v) is 1.96. The van der Waals surface area contributed by atoms with E-state index >= 15 is 0 Å². The second-order valence-electron chi connectivity index (χ2n) is 3.11.